The number of allylic oxidation sites excluding steroid dienone is 1. The van der Waals surface area contributed by atoms with Gasteiger partial charge in [0.15, 0.2) is 0 Å². The van der Waals surface area contributed by atoms with Gasteiger partial charge in [-0.05, 0) is 40.3 Å². The maximum Gasteiger partial charge on any atom is 0.254 e. The molecule has 0 aromatic carbocycles. The molecule has 0 spiro atoms. The number of halogens is 2. The highest BCUT2D eigenvalue weighted by Gasteiger charge is 2.39. The lowest BCUT2D eigenvalue weighted by atomic mass is 9.82. The standard InChI is InChI=1S/C21H37F2N5O/c1-6-12-21(15(2)3,19(22)23)14-29-16(4)27-18(13-26-20(24)25-5)28-17-10-8-7-9-11-17/h6,12,17,19-20,25-26H,2,4,7-11,13-14,24H2,1,3,5H3,(H,27,28)/b12-6+/t20-,21?/m0/s1. The summed E-state index contributed by atoms with van der Waals surface area (Å²) in [5, 5.41) is 9.40. The Balaban J connectivity index is 2.85. The maximum absolute atomic E-state index is 13.8. The summed E-state index contributed by atoms with van der Waals surface area (Å²) < 4.78 is 33.1. The van der Waals surface area contributed by atoms with Gasteiger partial charge in [-0.1, -0.05) is 43.6 Å². The highest BCUT2D eigenvalue weighted by atomic mass is 19.3. The Labute approximate surface area is 173 Å². The van der Waals surface area contributed by atoms with Gasteiger partial charge in [0.25, 0.3) is 6.43 Å². The molecule has 0 aromatic heterocycles. The number of rotatable bonds is 12. The van der Waals surface area contributed by atoms with Gasteiger partial charge in [-0.3, -0.25) is 10.6 Å². The molecular weight excluding hydrogens is 376 g/mol. The highest BCUT2D eigenvalue weighted by molar-refractivity contribution is 5.85. The molecule has 2 atom stereocenters. The molecule has 1 aliphatic carbocycles. The summed E-state index contributed by atoms with van der Waals surface area (Å²) >= 11 is 0. The van der Waals surface area contributed by atoms with E-state index in [4.69, 9.17) is 10.5 Å². The zero-order valence-electron chi connectivity index (χ0n) is 17.9. The van der Waals surface area contributed by atoms with E-state index in [2.05, 4.69) is 34.1 Å². The Hall–Kier alpha value is -1.77. The van der Waals surface area contributed by atoms with Crippen LogP contribution in [-0.4, -0.2) is 44.8 Å². The molecule has 6 nitrogen and oxygen atoms in total. The van der Waals surface area contributed by atoms with Crippen molar-refractivity contribution in [3.8, 4) is 0 Å². The third-order valence-electron chi connectivity index (χ3n) is 5.16. The van der Waals surface area contributed by atoms with Gasteiger partial charge in [-0.15, -0.1) is 0 Å². The number of hydrogen-bond donors (Lipinski definition) is 4. The number of ether oxygens (including phenoxy) is 1. The highest BCUT2D eigenvalue weighted by Crippen LogP contribution is 2.36. The average Bonchev–Trinajstić information content (AvgIpc) is 2.69. The fourth-order valence-corrected chi connectivity index (χ4v) is 3.23. The van der Waals surface area contributed by atoms with Crippen LogP contribution < -0.4 is 21.7 Å². The van der Waals surface area contributed by atoms with Crippen molar-refractivity contribution in [2.75, 3.05) is 20.2 Å². The van der Waals surface area contributed by atoms with Gasteiger partial charge < -0.3 is 15.8 Å². The molecule has 0 aliphatic heterocycles. The first-order chi connectivity index (χ1) is 13.7. The molecule has 0 aromatic rings. The normalized spacial score (nSPS) is 19.2. The average molecular weight is 414 g/mol. The topological polar surface area (TPSA) is 83.7 Å². The molecule has 0 saturated heterocycles. The maximum atomic E-state index is 13.8. The number of alkyl halides is 2. The largest absolute Gasteiger partial charge is 0.477 e. The first-order valence-electron chi connectivity index (χ1n) is 10.1. The molecule has 29 heavy (non-hydrogen) atoms. The lowest BCUT2D eigenvalue weighted by Crippen LogP contribution is -2.52. The lowest BCUT2D eigenvalue weighted by Gasteiger charge is -2.30. The van der Waals surface area contributed by atoms with Gasteiger partial charge in [0.05, 0.1) is 6.54 Å². The quantitative estimate of drug-likeness (QED) is 0.130. The lowest BCUT2D eigenvalue weighted by molar-refractivity contribution is 0.00287. The predicted molar refractivity (Wildman–Crippen MR) is 116 cm³/mol. The van der Waals surface area contributed by atoms with E-state index < -0.39 is 18.1 Å². The van der Waals surface area contributed by atoms with E-state index in [1.807, 2.05) is 0 Å². The van der Waals surface area contributed by atoms with Crippen molar-refractivity contribution in [1.29, 1.82) is 0 Å². The van der Waals surface area contributed by atoms with E-state index in [-0.39, 0.29) is 12.5 Å². The monoisotopic (exact) mass is 413 g/mol. The number of nitrogens with two attached hydrogens (primary N) is 1. The summed E-state index contributed by atoms with van der Waals surface area (Å²) in [6, 6.07) is 0.321. The molecular formula is C21H37F2N5O. The van der Waals surface area contributed by atoms with Crippen LogP contribution in [0.25, 0.3) is 0 Å². The van der Waals surface area contributed by atoms with E-state index in [1.165, 1.54) is 25.3 Å². The molecule has 5 N–H and O–H groups in total. The SMILES string of the molecule is C=C(/N=C(\CN[C@@H](N)NC)NC1CCCCC1)OCC(/C=C/C)(C(=C)C)C(F)F. The summed E-state index contributed by atoms with van der Waals surface area (Å²) in [5.74, 6) is 0.690. The van der Waals surface area contributed by atoms with Crippen molar-refractivity contribution < 1.29 is 13.5 Å². The van der Waals surface area contributed by atoms with E-state index in [0.717, 1.165) is 12.8 Å². The van der Waals surface area contributed by atoms with Gasteiger partial charge in [-0.25, -0.2) is 8.78 Å². The third kappa shape index (κ3) is 8.24. The van der Waals surface area contributed by atoms with E-state index in [1.54, 1.807) is 27.0 Å². The molecule has 166 valence electrons. The Kier molecular flexibility index (Phi) is 11.1. The second-order valence-electron chi connectivity index (χ2n) is 7.49. The summed E-state index contributed by atoms with van der Waals surface area (Å²) in [6.07, 6.45) is 5.67. The predicted octanol–water partition coefficient (Wildman–Crippen LogP) is 3.25. The molecule has 0 amide bonds. The van der Waals surface area contributed by atoms with Crippen LogP contribution >= 0.6 is 0 Å². The van der Waals surface area contributed by atoms with Crippen LogP contribution in [-0.2, 0) is 4.74 Å². The van der Waals surface area contributed by atoms with Gasteiger partial charge in [0.2, 0.25) is 5.88 Å². The number of hydrogen-bond acceptors (Lipinski definition) is 5. The van der Waals surface area contributed by atoms with Crippen molar-refractivity contribution in [3.05, 3.63) is 36.8 Å². The first-order valence-corrected chi connectivity index (χ1v) is 10.1. The number of nitrogens with zero attached hydrogens (tertiary/aromatic N) is 1. The zero-order valence-corrected chi connectivity index (χ0v) is 17.9. The molecule has 0 bridgehead atoms. The van der Waals surface area contributed by atoms with Crippen LogP contribution in [0.2, 0.25) is 0 Å². The fraction of sp³-hybridized carbons (Fsp3) is 0.667. The van der Waals surface area contributed by atoms with Crippen molar-refractivity contribution in [3.63, 3.8) is 0 Å². The summed E-state index contributed by atoms with van der Waals surface area (Å²) in [6.45, 7) is 10.9. The summed E-state index contributed by atoms with van der Waals surface area (Å²) in [7, 11) is 1.74. The first kappa shape index (κ1) is 25.3. The molecule has 1 rings (SSSR count). The molecule has 1 fully saturated rings. The second-order valence-corrected chi connectivity index (χ2v) is 7.49. The number of amidine groups is 1. The van der Waals surface area contributed by atoms with Gasteiger partial charge in [0, 0.05) is 6.04 Å². The second kappa shape index (κ2) is 12.7. The molecule has 1 aliphatic rings. The fourth-order valence-electron chi connectivity index (χ4n) is 3.23. The van der Waals surface area contributed by atoms with Crippen LogP contribution in [0.3, 0.4) is 0 Å². The smallest absolute Gasteiger partial charge is 0.254 e. The molecule has 1 unspecified atom stereocenters. The Morgan fingerprint density at radius 1 is 1.31 bits per heavy atom. The van der Waals surface area contributed by atoms with Gasteiger partial charge >= 0.3 is 0 Å². The summed E-state index contributed by atoms with van der Waals surface area (Å²) in [4.78, 5) is 4.40. The molecule has 0 radical (unpaired) electrons. The minimum absolute atomic E-state index is 0.0684. The van der Waals surface area contributed by atoms with E-state index in [0.29, 0.717) is 24.0 Å². The van der Waals surface area contributed by atoms with Crippen molar-refractivity contribution in [2.24, 2.45) is 16.1 Å². The van der Waals surface area contributed by atoms with E-state index in [9.17, 15) is 8.78 Å². The number of nitrogens with one attached hydrogen (secondary N) is 3. The number of aliphatic imine (C=N–C) groups is 1. The van der Waals surface area contributed by atoms with Crippen LogP contribution in [0.1, 0.15) is 46.0 Å². The van der Waals surface area contributed by atoms with Gasteiger partial charge in [-0.2, -0.15) is 4.99 Å². The van der Waals surface area contributed by atoms with Crippen LogP contribution in [0.4, 0.5) is 8.78 Å². The van der Waals surface area contributed by atoms with Gasteiger partial charge in [0.1, 0.15) is 24.1 Å². The van der Waals surface area contributed by atoms with Crippen molar-refractivity contribution >= 4 is 5.84 Å². The zero-order chi connectivity index (χ0) is 21.9. The van der Waals surface area contributed by atoms with Crippen LogP contribution in [0.5, 0.6) is 0 Å². The minimum Gasteiger partial charge on any atom is -0.477 e. The van der Waals surface area contributed by atoms with Crippen LogP contribution in [0, 0.1) is 5.41 Å². The minimum atomic E-state index is -2.65. The van der Waals surface area contributed by atoms with Crippen molar-refractivity contribution in [2.45, 2.75) is 64.7 Å². The molecule has 1 saturated carbocycles. The van der Waals surface area contributed by atoms with Crippen molar-refractivity contribution in [1.82, 2.24) is 16.0 Å². The Bertz CT molecular complexity index is 588. The Morgan fingerprint density at radius 2 is 1.97 bits per heavy atom. The molecule has 8 heteroatoms. The third-order valence-corrected chi connectivity index (χ3v) is 5.16. The molecule has 0 heterocycles. The van der Waals surface area contributed by atoms with E-state index >= 15 is 0 Å². The Morgan fingerprint density at radius 3 is 2.48 bits per heavy atom. The summed E-state index contributed by atoms with van der Waals surface area (Å²) in [5.41, 5.74) is 4.59. The van der Waals surface area contributed by atoms with Crippen LogP contribution in [0.15, 0.2) is 41.8 Å².